The van der Waals surface area contributed by atoms with Gasteiger partial charge < -0.3 is 29.4 Å². The molecule has 9 nitrogen and oxygen atoms in total. The number of benzene rings is 1. The highest BCUT2D eigenvalue weighted by Crippen LogP contribution is 2.34. The molecule has 0 bridgehead atoms. The number of amides is 2. The molecule has 1 aromatic rings. The molecule has 4 rings (SSSR count). The molecule has 0 saturated carbocycles. The first kappa shape index (κ1) is 18.9. The monoisotopic (exact) mass is 386 g/mol. The molecular formula is C18H23BN4O5. The van der Waals surface area contributed by atoms with Gasteiger partial charge in [0.15, 0.2) is 6.23 Å². The Hall–Kier alpha value is -2.40. The molecule has 2 N–H and O–H groups in total. The zero-order valence-corrected chi connectivity index (χ0v) is 15.7. The summed E-state index contributed by atoms with van der Waals surface area (Å²) in [7, 11) is 3.14. The van der Waals surface area contributed by atoms with Crippen molar-refractivity contribution in [2.45, 2.75) is 30.7 Å². The Kier molecular flexibility index (Phi) is 5.36. The van der Waals surface area contributed by atoms with Crippen molar-refractivity contribution in [3.05, 3.63) is 42.6 Å². The van der Waals surface area contributed by atoms with Gasteiger partial charge in [-0.1, -0.05) is 30.3 Å². The van der Waals surface area contributed by atoms with Gasteiger partial charge in [0.1, 0.15) is 24.5 Å². The van der Waals surface area contributed by atoms with Gasteiger partial charge in [-0.3, -0.25) is 4.90 Å². The third-order valence-corrected chi connectivity index (χ3v) is 4.77. The van der Waals surface area contributed by atoms with E-state index in [2.05, 4.69) is 10.3 Å². The number of aliphatic hydroxyl groups excluding tert-OH is 1. The highest BCUT2D eigenvalue weighted by atomic mass is 16.7. The lowest BCUT2D eigenvalue weighted by molar-refractivity contribution is -0.0703. The number of aliphatic imine (C=N–C) groups is 1. The first-order chi connectivity index (χ1) is 13.6. The van der Waals surface area contributed by atoms with E-state index in [1.165, 1.54) is 4.90 Å². The second kappa shape index (κ2) is 7.92. The highest BCUT2D eigenvalue weighted by molar-refractivity contribution is 6.61. The first-order valence-electron chi connectivity index (χ1n) is 9.16. The van der Waals surface area contributed by atoms with Gasteiger partial charge in [-0.2, -0.15) is 0 Å². The standard InChI is InChI=1S/C18H23BN4O5/c1-22(2)11-20-14-8-9-23(18(25)21-14)17-16-15(13(10-24)26-17)27-19(28-16)12-6-4-3-5-7-12/h3-9,11,13-17,24H,10H2,1-2H3,(H,21,25)/b20-11-/t13-,14?,15?,16?,17-/m1/s1. The van der Waals surface area contributed by atoms with Crippen LogP contribution in [0.25, 0.3) is 0 Å². The summed E-state index contributed by atoms with van der Waals surface area (Å²) in [5, 5.41) is 12.5. The molecule has 3 unspecified atom stereocenters. The Bertz CT molecular complexity index is 762. The SMILES string of the molecule is CN(C)/C=N\C1C=CN([C@@H]2O[C@H](CO)C3OB(c4ccccc4)OC32)C(=O)N1. The minimum Gasteiger partial charge on any atom is -0.399 e. The summed E-state index contributed by atoms with van der Waals surface area (Å²) < 4.78 is 17.9. The van der Waals surface area contributed by atoms with Gasteiger partial charge in [-0.15, -0.1) is 0 Å². The maximum absolute atomic E-state index is 12.6. The summed E-state index contributed by atoms with van der Waals surface area (Å²) in [5.41, 5.74) is 0.879. The zero-order valence-electron chi connectivity index (χ0n) is 15.7. The predicted molar refractivity (Wildman–Crippen MR) is 103 cm³/mol. The molecule has 1 aromatic carbocycles. The van der Waals surface area contributed by atoms with Crippen LogP contribution >= 0.6 is 0 Å². The normalized spacial score (nSPS) is 32.1. The highest BCUT2D eigenvalue weighted by Gasteiger charge is 2.56. The zero-order chi connectivity index (χ0) is 19.7. The molecule has 5 atom stereocenters. The summed E-state index contributed by atoms with van der Waals surface area (Å²) in [6.07, 6.45) is 2.32. The molecule has 2 saturated heterocycles. The van der Waals surface area contributed by atoms with Crippen LogP contribution in [0.1, 0.15) is 0 Å². The smallest absolute Gasteiger partial charge is 0.399 e. The van der Waals surface area contributed by atoms with E-state index in [4.69, 9.17) is 14.0 Å². The molecule has 0 spiro atoms. The van der Waals surface area contributed by atoms with Crippen LogP contribution in [0.3, 0.4) is 0 Å². The maximum Gasteiger partial charge on any atom is 0.494 e. The second-order valence-electron chi connectivity index (χ2n) is 7.06. The summed E-state index contributed by atoms with van der Waals surface area (Å²) in [6, 6.07) is 9.20. The molecule has 10 heteroatoms. The van der Waals surface area contributed by atoms with Crippen molar-refractivity contribution in [3.8, 4) is 0 Å². The van der Waals surface area contributed by atoms with Crippen LogP contribution in [0, 0.1) is 0 Å². The van der Waals surface area contributed by atoms with E-state index in [-0.39, 0.29) is 12.6 Å². The van der Waals surface area contributed by atoms with E-state index in [9.17, 15) is 9.90 Å². The Balaban J connectivity index is 1.50. The van der Waals surface area contributed by atoms with Crippen molar-refractivity contribution in [1.82, 2.24) is 15.1 Å². The number of ether oxygens (including phenoxy) is 1. The van der Waals surface area contributed by atoms with Crippen molar-refractivity contribution in [2.75, 3.05) is 20.7 Å². The Morgan fingerprint density at radius 2 is 2.04 bits per heavy atom. The van der Waals surface area contributed by atoms with Crippen molar-refractivity contribution in [3.63, 3.8) is 0 Å². The van der Waals surface area contributed by atoms with Crippen LogP contribution in [-0.4, -0.2) is 85.8 Å². The molecule has 0 aromatic heterocycles. The molecule has 3 aliphatic rings. The molecule has 148 valence electrons. The van der Waals surface area contributed by atoms with Gasteiger partial charge in [-0.25, -0.2) is 9.79 Å². The predicted octanol–water partition coefficient (Wildman–Crippen LogP) is -0.662. The Morgan fingerprint density at radius 3 is 2.71 bits per heavy atom. The first-order valence-corrected chi connectivity index (χ1v) is 9.16. The maximum atomic E-state index is 12.6. The summed E-state index contributed by atoms with van der Waals surface area (Å²) >= 11 is 0. The molecule has 0 radical (unpaired) electrons. The Labute approximate surface area is 163 Å². The van der Waals surface area contributed by atoms with Gasteiger partial charge >= 0.3 is 13.1 Å². The van der Waals surface area contributed by atoms with Crippen molar-refractivity contribution >= 4 is 25.0 Å². The molecule has 2 fully saturated rings. The number of fused-ring (bicyclic) bond motifs is 1. The van der Waals surface area contributed by atoms with E-state index in [0.717, 1.165) is 5.46 Å². The Morgan fingerprint density at radius 1 is 1.29 bits per heavy atom. The van der Waals surface area contributed by atoms with Crippen molar-refractivity contribution in [1.29, 1.82) is 0 Å². The minimum atomic E-state index is -0.703. The molecule has 28 heavy (non-hydrogen) atoms. The summed E-state index contributed by atoms with van der Waals surface area (Å²) in [4.78, 5) is 20.1. The number of nitrogens with zero attached hydrogens (tertiary/aromatic N) is 3. The lowest BCUT2D eigenvalue weighted by Crippen LogP contribution is -2.53. The van der Waals surface area contributed by atoms with Crippen LogP contribution in [0.5, 0.6) is 0 Å². The van der Waals surface area contributed by atoms with Crippen LogP contribution in [0.15, 0.2) is 47.6 Å². The van der Waals surface area contributed by atoms with E-state index in [0.29, 0.717) is 0 Å². The van der Waals surface area contributed by atoms with Crippen LogP contribution in [-0.2, 0) is 14.0 Å². The topological polar surface area (TPSA) is 95.9 Å². The van der Waals surface area contributed by atoms with Crippen LogP contribution < -0.4 is 10.8 Å². The number of hydrogen-bond acceptors (Lipinski definition) is 6. The number of hydrogen-bond donors (Lipinski definition) is 2. The summed E-state index contributed by atoms with van der Waals surface area (Å²) in [6.45, 7) is -0.225. The average Bonchev–Trinajstić information content (AvgIpc) is 3.27. The fourth-order valence-corrected chi connectivity index (χ4v) is 3.46. The second-order valence-corrected chi connectivity index (χ2v) is 7.06. The molecule has 3 aliphatic heterocycles. The van der Waals surface area contributed by atoms with Gasteiger partial charge in [-0.05, 0) is 11.5 Å². The van der Waals surface area contributed by atoms with E-state index in [1.54, 1.807) is 23.5 Å². The molecule has 3 heterocycles. The largest absolute Gasteiger partial charge is 0.494 e. The number of urea groups is 1. The van der Waals surface area contributed by atoms with Gasteiger partial charge in [0.25, 0.3) is 0 Å². The third-order valence-electron chi connectivity index (χ3n) is 4.77. The fraction of sp³-hybridized carbons (Fsp3) is 0.444. The van der Waals surface area contributed by atoms with Crippen LogP contribution in [0.2, 0.25) is 0 Å². The number of carbonyl (C=O) groups excluding carboxylic acids is 1. The molecular weight excluding hydrogens is 363 g/mol. The van der Waals surface area contributed by atoms with Crippen molar-refractivity contribution < 1.29 is 23.9 Å². The van der Waals surface area contributed by atoms with E-state index < -0.39 is 37.8 Å². The van der Waals surface area contributed by atoms with E-state index >= 15 is 0 Å². The quantitative estimate of drug-likeness (QED) is 0.396. The van der Waals surface area contributed by atoms with Crippen LogP contribution in [0.4, 0.5) is 4.79 Å². The lowest BCUT2D eigenvalue weighted by Gasteiger charge is -2.32. The van der Waals surface area contributed by atoms with E-state index in [1.807, 2.05) is 44.4 Å². The van der Waals surface area contributed by atoms with Gasteiger partial charge in [0, 0.05) is 20.3 Å². The number of carbonyl (C=O) groups is 1. The van der Waals surface area contributed by atoms with Gasteiger partial charge in [0.05, 0.1) is 12.9 Å². The third kappa shape index (κ3) is 3.63. The molecule has 2 amide bonds. The number of rotatable bonds is 5. The number of aliphatic hydroxyl groups is 1. The van der Waals surface area contributed by atoms with Crippen molar-refractivity contribution in [2.24, 2.45) is 4.99 Å². The lowest BCUT2D eigenvalue weighted by atomic mass is 9.79. The summed E-state index contributed by atoms with van der Waals surface area (Å²) in [5.74, 6) is 0. The minimum absolute atomic E-state index is 0.225. The number of nitrogens with one attached hydrogen (secondary N) is 1. The average molecular weight is 386 g/mol. The fourth-order valence-electron chi connectivity index (χ4n) is 3.46. The molecule has 0 aliphatic carbocycles. The van der Waals surface area contributed by atoms with Gasteiger partial charge in [0.2, 0.25) is 0 Å².